The van der Waals surface area contributed by atoms with E-state index in [1.807, 2.05) is 53.4 Å². The summed E-state index contributed by atoms with van der Waals surface area (Å²) in [7, 11) is 0. The van der Waals surface area contributed by atoms with Gasteiger partial charge in [0.05, 0.1) is 11.6 Å². The van der Waals surface area contributed by atoms with Gasteiger partial charge in [-0.3, -0.25) is 4.79 Å². The molecule has 0 spiro atoms. The van der Waals surface area contributed by atoms with E-state index in [-0.39, 0.29) is 24.7 Å². The summed E-state index contributed by atoms with van der Waals surface area (Å²) in [5.74, 6) is 1.51. The Morgan fingerprint density at radius 1 is 1.04 bits per heavy atom. The van der Waals surface area contributed by atoms with E-state index in [1.54, 1.807) is 0 Å². The van der Waals surface area contributed by atoms with Crippen LogP contribution in [0.5, 0.6) is 11.5 Å². The lowest BCUT2D eigenvalue weighted by atomic mass is 9.66. The first kappa shape index (κ1) is 17.6. The number of fused-ring (bicyclic) bond motifs is 2. The Morgan fingerprint density at radius 3 is 2.71 bits per heavy atom. The summed E-state index contributed by atoms with van der Waals surface area (Å²) in [4.78, 5) is 15.3. The lowest BCUT2D eigenvalue weighted by Gasteiger charge is -2.52. The van der Waals surface area contributed by atoms with E-state index in [0.717, 1.165) is 42.7 Å². The Hall–Kier alpha value is -2.53. The first-order chi connectivity index (χ1) is 13.7. The first-order valence-corrected chi connectivity index (χ1v) is 10.1. The number of carbonyl (C=O) groups is 1. The summed E-state index contributed by atoms with van der Waals surface area (Å²) in [5.41, 5.74) is 1.00. The van der Waals surface area contributed by atoms with Crippen LogP contribution in [0.25, 0.3) is 0 Å². The zero-order valence-corrected chi connectivity index (χ0v) is 15.8. The molecule has 0 radical (unpaired) electrons. The highest BCUT2D eigenvalue weighted by atomic mass is 16.7. The summed E-state index contributed by atoms with van der Waals surface area (Å²) in [5, 5.41) is 11.4. The molecule has 146 valence electrons. The van der Waals surface area contributed by atoms with Crippen LogP contribution in [0, 0.1) is 5.92 Å². The third-order valence-corrected chi connectivity index (χ3v) is 6.59. The van der Waals surface area contributed by atoms with Crippen LogP contribution in [0.1, 0.15) is 54.1 Å². The van der Waals surface area contributed by atoms with Crippen molar-refractivity contribution in [3.05, 3.63) is 59.7 Å². The minimum atomic E-state index is -0.702. The van der Waals surface area contributed by atoms with Crippen LogP contribution >= 0.6 is 0 Å². The summed E-state index contributed by atoms with van der Waals surface area (Å²) in [6.45, 7) is 0.781. The van der Waals surface area contributed by atoms with E-state index in [9.17, 15) is 9.90 Å². The minimum absolute atomic E-state index is 0.0240. The Kier molecular flexibility index (Phi) is 4.27. The zero-order valence-electron chi connectivity index (χ0n) is 15.8. The van der Waals surface area contributed by atoms with Gasteiger partial charge in [0, 0.05) is 18.0 Å². The maximum Gasteiger partial charge on any atom is 0.254 e. The molecule has 1 saturated carbocycles. The number of hydrogen-bond acceptors (Lipinski definition) is 4. The molecule has 2 aromatic rings. The summed E-state index contributed by atoms with van der Waals surface area (Å²) in [6, 6.07) is 15.2. The number of ether oxygens (including phenoxy) is 2. The van der Waals surface area contributed by atoms with E-state index in [2.05, 4.69) is 0 Å². The summed E-state index contributed by atoms with van der Waals surface area (Å²) in [6.07, 6.45) is 4.51. The van der Waals surface area contributed by atoms with Crippen molar-refractivity contribution in [1.82, 2.24) is 4.90 Å². The van der Waals surface area contributed by atoms with Gasteiger partial charge in [-0.1, -0.05) is 37.1 Å². The number of aliphatic hydroxyl groups is 1. The molecule has 0 bridgehead atoms. The minimum Gasteiger partial charge on any atom is -0.454 e. The van der Waals surface area contributed by atoms with Crippen LogP contribution in [0.3, 0.4) is 0 Å². The molecule has 2 aliphatic heterocycles. The van der Waals surface area contributed by atoms with Crippen LogP contribution in [-0.2, 0) is 0 Å². The molecule has 3 aliphatic rings. The molecule has 2 fully saturated rings. The van der Waals surface area contributed by atoms with Crippen LogP contribution in [0.15, 0.2) is 48.5 Å². The molecule has 5 nitrogen and oxygen atoms in total. The fraction of sp³-hybridized carbons (Fsp3) is 0.435. The summed E-state index contributed by atoms with van der Waals surface area (Å²) >= 11 is 0. The second-order valence-corrected chi connectivity index (χ2v) is 8.13. The van der Waals surface area contributed by atoms with Gasteiger partial charge < -0.3 is 19.5 Å². The van der Waals surface area contributed by atoms with Gasteiger partial charge in [-0.2, -0.15) is 0 Å². The molecule has 1 aliphatic carbocycles. The van der Waals surface area contributed by atoms with Gasteiger partial charge in [-0.15, -0.1) is 0 Å². The third kappa shape index (κ3) is 2.85. The smallest absolute Gasteiger partial charge is 0.254 e. The van der Waals surface area contributed by atoms with Crippen molar-refractivity contribution in [3.63, 3.8) is 0 Å². The standard InChI is InChI=1S/C23H25NO4/c25-22(16-6-2-1-3-7-16)24-13-12-23(26)11-5-4-8-18(23)21(24)17-9-10-19-20(14-17)28-15-27-19/h1-3,6-7,9-10,14,18,21,26H,4-5,8,11-13,15H2/t18-,21-,23-/m0/s1. The fourth-order valence-electron chi connectivity index (χ4n) is 5.17. The van der Waals surface area contributed by atoms with Crippen molar-refractivity contribution in [2.75, 3.05) is 13.3 Å². The van der Waals surface area contributed by atoms with E-state index >= 15 is 0 Å². The second kappa shape index (κ2) is 6.82. The maximum absolute atomic E-state index is 13.4. The van der Waals surface area contributed by atoms with Crippen LogP contribution < -0.4 is 9.47 Å². The highest BCUT2D eigenvalue weighted by Crippen LogP contribution is 2.50. The number of hydrogen-bond donors (Lipinski definition) is 1. The predicted molar refractivity (Wildman–Crippen MR) is 104 cm³/mol. The Bertz CT molecular complexity index is 883. The number of amides is 1. The molecule has 2 heterocycles. The van der Waals surface area contributed by atoms with Crippen molar-refractivity contribution in [1.29, 1.82) is 0 Å². The lowest BCUT2D eigenvalue weighted by Crippen LogP contribution is -2.56. The quantitative estimate of drug-likeness (QED) is 0.859. The predicted octanol–water partition coefficient (Wildman–Crippen LogP) is 3.92. The number of carbonyl (C=O) groups excluding carboxylic acids is 1. The highest BCUT2D eigenvalue weighted by molar-refractivity contribution is 5.94. The van der Waals surface area contributed by atoms with Crippen LogP contribution in [0.4, 0.5) is 0 Å². The number of nitrogens with zero attached hydrogens (tertiary/aromatic N) is 1. The van der Waals surface area contributed by atoms with Gasteiger partial charge in [0.15, 0.2) is 11.5 Å². The van der Waals surface area contributed by atoms with Gasteiger partial charge in [-0.05, 0) is 49.1 Å². The molecule has 2 aromatic carbocycles. The lowest BCUT2D eigenvalue weighted by molar-refractivity contribution is -0.115. The maximum atomic E-state index is 13.4. The second-order valence-electron chi connectivity index (χ2n) is 8.13. The number of piperidine rings is 1. The molecule has 1 N–H and O–H groups in total. The van der Waals surface area contributed by atoms with Gasteiger partial charge in [0.25, 0.3) is 5.91 Å². The SMILES string of the molecule is O=C(c1ccccc1)N1CC[C@@]2(O)CCCC[C@H]2[C@@H]1c1ccc2c(c1)OCO2. The largest absolute Gasteiger partial charge is 0.454 e. The van der Waals surface area contributed by atoms with Gasteiger partial charge >= 0.3 is 0 Å². The van der Waals surface area contributed by atoms with E-state index in [1.165, 1.54) is 0 Å². The van der Waals surface area contributed by atoms with E-state index in [0.29, 0.717) is 18.5 Å². The molecule has 5 rings (SSSR count). The molecular weight excluding hydrogens is 354 g/mol. The first-order valence-electron chi connectivity index (χ1n) is 10.1. The van der Waals surface area contributed by atoms with Crippen molar-refractivity contribution in [3.8, 4) is 11.5 Å². The monoisotopic (exact) mass is 379 g/mol. The average Bonchev–Trinajstić information content (AvgIpc) is 3.20. The van der Waals surface area contributed by atoms with Gasteiger partial charge in [0.1, 0.15) is 0 Å². The van der Waals surface area contributed by atoms with Crippen molar-refractivity contribution >= 4 is 5.91 Å². The average molecular weight is 379 g/mol. The molecule has 5 heteroatoms. The molecule has 0 unspecified atom stereocenters. The van der Waals surface area contributed by atoms with Crippen LogP contribution in [-0.4, -0.2) is 34.9 Å². The van der Waals surface area contributed by atoms with Gasteiger partial charge in [-0.25, -0.2) is 0 Å². The van der Waals surface area contributed by atoms with Crippen molar-refractivity contribution < 1.29 is 19.4 Å². The normalized spacial score (nSPS) is 28.7. The van der Waals surface area contributed by atoms with E-state index < -0.39 is 5.60 Å². The molecular formula is C23H25NO4. The summed E-state index contributed by atoms with van der Waals surface area (Å²) < 4.78 is 11.0. The number of benzene rings is 2. The Balaban J connectivity index is 1.57. The van der Waals surface area contributed by atoms with Crippen molar-refractivity contribution in [2.45, 2.75) is 43.7 Å². The van der Waals surface area contributed by atoms with Crippen molar-refractivity contribution in [2.24, 2.45) is 5.92 Å². The molecule has 0 aromatic heterocycles. The van der Waals surface area contributed by atoms with Crippen LogP contribution in [0.2, 0.25) is 0 Å². The van der Waals surface area contributed by atoms with Gasteiger partial charge in [0.2, 0.25) is 6.79 Å². The third-order valence-electron chi connectivity index (χ3n) is 6.59. The number of likely N-dealkylation sites (tertiary alicyclic amines) is 1. The number of rotatable bonds is 2. The zero-order chi connectivity index (χ0) is 19.1. The van der Waals surface area contributed by atoms with E-state index in [4.69, 9.17) is 9.47 Å². The Morgan fingerprint density at radius 2 is 1.86 bits per heavy atom. The highest BCUT2D eigenvalue weighted by Gasteiger charge is 2.50. The molecule has 1 amide bonds. The molecule has 1 saturated heterocycles. The fourth-order valence-corrected chi connectivity index (χ4v) is 5.17. The topological polar surface area (TPSA) is 59.0 Å². The molecule has 3 atom stereocenters. The Labute approximate surface area is 164 Å². The molecule has 28 heavy (non-hydrogen) atoms.